The van der Waals surface area contributed by atoms with Gasteiger partial charge in [-0.3, -0.25) is 0 Å². The normalized spacial score (nSPS) is 12.1. The van der Waals surface area contributed by atoms with Crippen LogP contribution in [0.25, 0.3) is 0 Å². The molecule has 4 nitrogen and oxygen atoms in total. The van der Waals surface area contributed by atoms with Gasteiger partial charge in [-0.2, -0.15) is 0 Å². The van der Waals surface area contributed by atoms with E-state index in [0.717, 1.165) is 0 Å². The van der Waals surface area contributed by atoms with E-state index < -0.39 is 46.0 Å². The molecule has 0 saturated carbocycles. The van der Waals surface area contributed by atoms with Gasteiger partial charge < -0.3 is 0 Å². The average molecular weight is 354 g/mol. The molecule has 0 saturated heterocycles. The maximum atomic E-state index is 11.4. The van der Waals surface area contributed by atoms with Crippen molar-refractivity contribution >= 4 is 33.7 Å². The van der Waals surface area contributed by atoms with Crippen LogP contribution < -0.4 is 0 Å². The quantitative estimate of drug-likeness (QED) is 0.542. The third-order valence-corrected chi connectivity index (χ3v) is 1.93. The van der Waals surface area contributed by atoms with Gasteiger partial charge in [-0.15, -0.1) is 0 Å². The van der Waals surface area contributed by atoms with Gasteiger partial charge in [-0.1, -0.05) is 0 Å². The number of hydrogen-bond acceptors (Lipinski definition) is 4. The molecule has 0 spiro atoms. The van der Waals surface area contributed by atoms with Gasteiger partial charge in [0.1, 0.15) is 0 Å². The van der Waals surface area contributed by atoms with Gasteiger partial charge in [0.15, 0.2) is 0 Å². The van der Waals surface area contributed by atoms with Gasteiger partial charge in [0.25, 0.3) is 0 Å². The first kappa shape index (κ1) is 14.3. The molecule has 0 N–H and O–H groups in total. The van der Waals surface area contributed by atoms with Crippen LogP contribution >= 0.6 is 0 Å². The fourth-order valence-electron chi connectivity index (χ4n) is 0.173. The van der Waals surface area contributed by atoms with Crippen LogP contribution in [-0.2, 0) is 15.8 Å². The molecular formula is C4F6O4Te. The van der Waals surface area contributed by atoms with Crippen molar-refractivity contribution in [1.29, 1.82) is 0 Å². The Labute approximate surface area is 88.7 Å². The summed E-state index contributed by atoms with van der Waals surface area (Å²) >= 11 is -2.90. The second-order valence-corrected chi connectivity index (χ2v) is 3.14. The van der Waals surface area contributed by atoms with E-state index in [1.165, 1.54) is 0 Å². The van der Waals surface area contributed by atoms with Crippen molar-refractivity contribution in [2.45, 2.75) is 12.4 Å². The van der Waals surface area contributed by atoms with Crippen LogP contribution in [0.2, 0.25) is 0 Å². The number of alkyl halides is 6. The van der Waals surface area contributed by atoms with Gasteiger partial charge in [-0.25, -0.2) is 0 Å². The fourth-order valence-corrected chi connectivity index (χ4v) is 1.16. The van der Waals surface area contributed by atoms with Crippen LogP contribution in [0.15, 0.2) is 0 Å². The standard InChI is InChI=1S/C4F6O4Te/c5-3(6,7)1(11)13-15-14-2(12)4(8,9)10. The molecule has 88 valence electrons. The van der Waals surface area contributed by atoms with Crippen LogP contribution in [0.5, 0.6) is 0 Å². The SMILES string of the molecule is O=C(O[Te]OC(=O)C(F)(F)F)C(F)(F)F. The molecule has 0 fully saturated rings. The molecule has 0 amide bonds. The topological polar surface area (TPSA) is 52.6 Å². The first-order chi connectivity index (χ1) is 6.55. The van der Waals surface area contributed by atoms with E-state index >= 15 is 0 Å². The average Bonchev–Trinajstić information content (AvgIpc) is 2.00. The monoisotopic (exact) mass is 356 g/mol. The van der Waals surface area contributed by atoms with E-state index in [0.29, 0.717) is 0 Å². The number of rotatable bonds is 2. The number of hydrogen-bond donors (Lipinski definition) is 0. The van der Waals surface area contributed by atoms with Gasteiger partial charge in [-0.05, 0) is 0 Å². The molecule has 15 heavy (non-hydrogen) atoms. The predicted octanol–water partition coefficient (Wildman–Crippen LogP) is 0.732. The molecule has 0 aromatic carbocycles. The van der Waals surface area contributed by atoms with Crippen molar-refractivity contribution in [3.63, 3.8) is 0 Å². The summed E-state index contributed by atoms with van der Waals surface area (Å²) < 4.78 is 74.9. The zero-order valence-corrected chi connectivity index (χ0v) is 8.64. The maximum absolute atomic E-state index is 11.4. The minimum absolute atomic E-state index is 2.69. The molecule has 0 aromatic rings. The van der Waals surface area contributed by atoms with Crippen molar-refractivity contribution in [3.05, 3.63) is 0 Å². The second kappa shape index (κ2) is 4.89. The third kappa shape index (κ3) is 5.68. The zero-order valence-electron chi connectivity index (χ0n) is 6.31. The molecule has 0 aromatic heterocycles. The molecule has 0 bridgehead atoms. The summed E-state index contributed by atoms with van der Waals surface area (Å²) in [6.45, 7) is 0. The van der Waals surface area contributed by atoms with Crippen molar-refractivity contribution in [2.24, 2.45) is 0 Å². The Morgan fingerprint density at radius 3 is 1.27 bits per heavy atom. The molecule has 0 radical (unpaired) electrons. The van der Waals surface area contributed by atoms with Crippen molar-refractivity contribution in [3.8, 4) is 0 Å². The molecular weight excluding hydrogens is 354 g/mol. The number of carbonyl (C=O) groups excluding carboxylic acids is 2. The van der Waals surface area contributed by atoms with Crippen molar-refractivity contribution < 1.29 is 42.1 Å². The van der Waals surface area contributed by atoms with Gasteiger partial charge in [0.05, 0.1) is 0 Å². The van der Waals surface area contributed by atoms with Gasteiger partial charge >= 0.3 is 88.2 Å². The Balaban J connectivity index is 3.92. The summed E-state index contributed by atoms with van der Waals surface area (Å²) in [5, 5.41) is 0. The Bertz CT molecular complexity index is 231. The number of carbonyl (C=O) groups is 2. The van der Waals surface area contributed by atoms with E-state index in [1.54, 1.807) is 0 Å². The van der Waals surface area contributed by atoms with Crippen molar-refractivity contribution in [2.75, 3.05) is 0 Å². The van der Waals surface area contributed by atoms with E-state index in [-0.39, 0.29) is 0 Å². The molecule has 0 aliphatic rings. The molecule has 0 heterocycles. The summed E-state index contributed by atoms with van der Waals surface area (Å²) in [5.74, 6) is -5.39. The summed E-state index contributed by atoms with van der Waals surface area (Å²) in [7, 11) is 0. The van der Waals surface area contributed by atoms with E-state index in [4.69, 9.17) is 0 Å². The molecule has 11 heteroatoms. The van der Waals surface area contributed by atoms with Crippen LogP contribution in [-0.4, -0.2) is 46.0 Å². The van der Waals surface area contributed by atoms with Crippen LogP contribution in [0.4, 0.5) is 26.3 Å². The Hall–Kier alpha value is -0.690. The summed E-state index contributed by atoms with van der Waals surface area (Å²) in [4.78, 5) is 19.8. The Morgan fingerprint density at radius 2 is 1.07 bits per heavy atom. The molecule has 0 rings (SSSR count). The van der Waals surface area contributed by atoms with Crippen LogP contribution in [0.3, 0.4) is 0 Å². The van der Waals surface area contributed by atoms with Gasteiger partial charge in [0, 0.05) is 0 Å². The molecule has 0 atom stereocenters. The first-order valence-corrected chi connectivity index (χ1v) is 4.69. The molecule has 0 aliphatic carbocycles. The van der Waals surface area contributed by atoms with E-state index in [1.807, 2.05) is 0 Å². The van der Waals surface area contributed by atoms with Crippen LogP contribution in [0, 0.1) is 0 Å². The van der Waals surface area contributed by atoms with E-state index in [2.05, 4.69) is 6.20 Å². The zero-order chi connectivity index (χ0) is 12.3. The molecule has 0 unspecified atom stereocenters. The van der Waals surface area contributed by atoms with Gasteiger partial charge in [0.2, 0.25) is 0 Å². The van der Waals surface area contributed by atoms with Crippen LogP contribution in [0.1, 0.15) is 0 Å². The summed E-state index contributed by atoms with van der Waals surface area (Å²) in [6.07, 6.45) is -10.6. The minimum atomic E-state index is -5.32. The summed E-state index contributed by atoms with van der Waals surface area (Å²) in [6, 6.07) is 0. The Kier molecular flexibility index (Phi) is 4.66. The first-order valence-electron chi connectivity index (χ1n) is 2.78. The third-order valence-electron chi connectivity index (χ3n) is 0.682. The fraction of sp³-hybridized carbons (Fsp3) is 0.500. The number of halogens is 6. The summed E-state index contributed by atoms with van der Waals surface area (Å²) in [5.41, 5.74) is 0. The second-order valence-electron chi connectivity index (χ2n) is 1.81. The Morgan fingerprint density at radius 1 is 0.800 bits per heavy atom. The predicted molar refractivity (Wildman–Crippen MR) is 30.0 cm³/mol. The van der Waals surface area contributed by atoms with E-state index in [9.17, 15) is 35.9 Å². The van der Waals surface area contributed by atoms with Crippen molar-refractivity contribution in [1.82, 2.24) is 0 Å². The molecule has 0 aliphatic heterocycles.